The Morgan fingerprint density at radius 2 is 2.00 bits per heavy atom. The Kier molecular flexibility index (Phi) is 4.48. The summed E-state index contributed by atoms with van der Waals surface area (Å²) in [6.45, 7) is 1.56. The molecule has 2 aromatic carbocycles. The van der Waals surface area contributed by atoms with Crippen molar-refractivity contribution >= 4 is 27.6 Å². The maximum absolute atomic E-state index is 10.7. The second-order valence-corrected chi connectivity index (χ2v) is 5.41. The van der Waals surface area contributed by atoms with E-state index in [-0.39, 0.29) is 10.9 Å². The van der Waals surface area contributed by atoms with Crippen molar-refractivity contribution in [2.24, 2.45) is 0 Å². The van der Waals surface area contributed by atoms with Gasteiger partial charge in [0.25, 0.3) is 0 Å². The minimum atomic E-state index is 0.128. The lowest BCUT2D eigenvalue weighted by Crippen LogP contribution is -1.84. The zero-order chi connectivity index (χ0) is 13.7. The number of hydrogen-bond donors (Lipinski definition) is 1. The number of thioether (sulfide) groups is 1. The van der Waals surface area contributed by atoms with Crippen molar-refractivity contribution in [1.29, 1.82) is 0 Å². The molecule has 0 aliphatic rings. The maximum atomic E-state index is 10.7. The normalized spacial score (nSPS) is 9.95. The van der Waals surface area contributed by atoms with Gasteiger partial charge in [0.2, 0.25) is 0 Å². The summed E-state index contributed by atoms with van der Waals surface area (Å²) >= 11 is 1.30. The maximum Gasteiger partial charge on any atom is 0.185 e. The molecule has 0 aliphatic heterocycles. The van der Waals surface area contributed by atoms with Crippen LogP contribution in [0.25, 0.3) is 10.8 Å². The number of phenols is 1. The molecule has 2 rings (SSSR count). The van der Waals surface area contributed by atoms with Gasteiger partial charge in [-0.2, -0.15) is 0 Å². The Balaban J connectivity index is 2.09. The molecule has 3 heteroatoms. The number of benzene rings is 2. The largest absolute Gasteiger partial charge is 0.508 e. The first-order valence-corrected chi connectivity index (χ1v) is 6.99. The van der Waals surface area contributed by atoms with Crippen molar-refractivity contribution in [3.8, 4) is 17.6 Å². The molecule has 0 heterocycles. The van der Waals surface area contributed by atoms with Crippen LogP contribution >= 0.6 is 11.8 Å². The predicted molar refractivity (Wildman–Crippen MR) is 80.2 cm³/mol. The van der Waals surface area contributed by atoms with Crippen LogP contribution in [0, 0.1) is 11.8 Å². The Hall–Kier alpha value is -1.92. The topological polar surface area (TPSA) is 37.3 Å². The Bertz CT molecular complexity index is 665. The first kappa shape index (κ1) is 13.5. The fourth-order valence-electron chi connectivity index (χ4n) is 1.72. The monoisotopic (exact) mass is 270 g/mol. The highest BCUT2D eigenvalue weighted by Gasteiger charge is 1.96. The second-order valence-electron chi connectivity index (χ2n) is 4.14. The van der Waals surface area contributed by atoms with Crippen molar-refractivity contribution in [3.05, 3.63) is 42.0 Å². The van der Waals surface area contributed by atoms with Gasteiger partial charge in [-0.3, -0.25) is 4.79 Å². The van der Waals surface area contributed by atoms with E-state index in [2.05, 4.69) is 11.8 Å². The van der Waals surface area contributed by atoms with Gasteiger partial charge in [0.05, 0.1) is 0 Å². The average Bonchev–Trinajstić information content (AvgIpc) is 2.37. The van der Waals surface area contributed by atoms with Crippen molar-refractivity contribution in [1.82, 2.24) is 0 Å². The number of hydrogen-bond acceptors (Lipinski definition) is 3. The van der Waals surface area contributed by atoms with Crippen molar-refractivity contribution in [2.45, 2.75) is 13.3 Å². The lowest BCUT2D eigenvalue weighted by atomic mass is 10.1. The van der Waals surface area contributed by atoms with Gasteiger partial charge < -0.3 is 5.11 Å². The molecule has 0 spiro atoms. The highest BCUT2D eigenvalue weighted by Crippen LogP contribution is 2.20. The molecule has 0 saturated heterocycles. The van der Waals surface area contributed by atoms with Gasteiger partial charge in [-0.1, -0.05) is 35.7 Å². The quantitative estimate of drug-likeness (QED) is 0.669. The molecule has 0 aliphatic carbocycles. The van der Waals surface area contributed by atoms with Crippen LogP contribution in [0.3, 0.4) is 0 Å². The zero-order valence-electron chi connectivity index (χ0n) is 10.6. The number of fused-ring (bicyclic) bond motifs is 1. The average molecular weight is 270 g/mol. The molecule has 96 valence electrons. The van der Waals surface area contributed by atoms with Gasteiger partial charge in [0, 0.05) is 24.7 Å². The van der Waals surface area contributed by atoms with Crippen LogP contribution in [0.1, 0.15) is 18.9 Å². The number of carbonyl (C=O) groups excluding carboxylic acids is 1. The smallest absolute Gasteiger partial charge is 0.185 e. The van der Waals surface area contributed by atoms with Crippen LogP contribution in [-0.4, -0.2) is 16.0 Å². The summed E-state index contributed by atoms with van der Waals surface area (Å²) in [6.07, 6.45) is 0.697. The Morgan fingerprint density at radius 3 is 2.79 bits per heavy atom. The second kappa shape index (κ2) is 6.31. The third-order valence-electron chi connectivity index (χ3n) is 2.59. The summed E-state index contributed by atoms with van der Waals surface area (Å²) in [5.41, 5.74) is 0.922. The van der Waals surface area contributed by atoms with E-state index >= 15 is 0 Å². The van der Waals surface area contributed by atoms with E-state index in [1.54, 1.807) is 19.1 Å². The molecule has 2 aromatic rings. The molecule has 0 saturated carbocycles. The van der Waals surface area contributed by atoms with Crippen LogP contribution in [-0.2, 0) is 4.79 Å². The van der Waals surface area contributed by atoms with E-state index < -0.39 is 0 Å². The molecule has 0 fully saturated rings. The standard InChI is InChI=1S/C16H14O2S/c1-12(17)19-9-3-2-4-13-5-6-14-7-8-16(18)11-15(14)10-13/h5-8,10-11,18H,3,9H2,1H3. The Morgan fingerprint density at radius 1 is 1.21 bits per heavy atom. The number of aromatic hydroxyl groups is 1. The van der Waals surface area contributed by atoms with E-state index in [0.29, 0.717) is 6.42 Å². The van der Waals surface area contributed by atoms with Crippen LogP contribution in [0.4, 0.5) is 0 Å². The molecule has 1 N–H and O–H groups in total. The summed E-state index contributed by atoms with van der Waals surface area (Å²) in [6, 6.07) is 11.2. The van der Waals surface area contributed by atoms with E-state index in [1.165, 1.54) is 11.8 Å². The molecule has 0 aromatic heterocycles. The van der Waals surface area contributed by atoms with Crippen LogP contribution < -0.4 is 0 Å². The summed E-state index contributed by atoms with van der Waals surface area (Å²) < 4.78 is 0. The minimum absolute atomic E-state index is 0.128. The summed E-state index contributed by atoms with van der Waals surface area (Å²) in [4.78, 5) is 10.7. The summed E-state index contributed by atoms with van der Waals surface area (Å²) in [5.74, 6) is 7.12. The van der Waals surface area contributed by atoms with E-state index in [9.17, 15) is 9.90 Å². The molecule has 0 radical (unpaired) electrons. The molecular weight excluding hydrogens is 256 g/mol. The molecule has 0 unspecified atom stereocenters. The molecule has 0 bridgehead atoms. The van der Waals surface area contributed by atoms with Gasteiger partial charge in [0.1, 0.15) is 5.75 Å². The third-order valence-corrected chi connectivity index (χ3v) is 3.40. The van der Waals surface area contributed by atoms with Crippen molar-refractivity contribution < 1.29 is 9.90 Å². The first-order valence-electron chi connectivity index (χ1n) is 6.00. The van der Waals surface area contributed by atoms with E-state index in [4.69, 9.17) is 0 Å². The molecule has 19 heavy (non-hydrogen) atoms. The SMILES string of the molecule is CC(=O)SCCC#Cc1ccc2ccc(O)cc2c1. The van der Waals surface area contributed by atoms with Gasteiger partial charge in [-0.15, -0.1) is 0 Å². The summed E-state index contributed by atoms with van der Waals surface area (Å²) in [5, 5.41) is 11.6. The van der Waals surface area contributed by atoms with E-state index in [1.807, 2.05) is 24.3 Å². The Labute approximate surface area is 116 Å². The third kappa shape index (κ3) is 4.04. The fraction of sp³-hybridized carbons (Fsp3) is 0.188. The lowest BCUT2D eigenvalue weighted by Gasteiger charge is -1.99. The highest BCUT2D eigenvalue weighted by atomic mass is 32.2. The molecular formula is C16H14O2S. The van der Waals surface area contributed by atoms with Crippen LogP contribution in [0.2, 0.25) is 0 Å². The molecule has 0 atom stereocenters. The van der Waals surface area contributed by atoms with Crippen molar-refractivity contribution in [2.75, 3.05) is 5.75 Å². The zero-order valence-corrected chi connectivity index (χ0v) is 11.5. The van der Waals surface area contributed by atoms with Gasteiger partial charge in [-0.05, 0) is 35.0 Å². The first-order chi connectivity index (χ1) is 9.15. The lowest BCUT2D eigenvalue weighted by molar-refractivity contribution is -0.109. The number of rotatable bonds is 2. The van der Waals surface area contributed by atoms with Crippen molar-refractivity contribution in [3.63, 3.8) is 0 Å². The summed E-state index contributed by atoms with van der Waals surface area (Å²) in [7, 11) is 0. The number of phenolic OH excluding ortho intramolecular Hbond substituents is 1. The van der Waals surface area contributed by atoms with Crippen LogP contribution in [0.5, 0.6) is 5.75 Å². The van der Waals surface area contributed by atoms with Gasteiger partial charge >= 0.3 is 0 Å². The number of carbonyl (C=O) groups is 1. The minimum Gasteiger partial charge on any atom is -0.508 e. The van der Waals surface area contributed by atoms with E-state index in [0.717, 1.165) is 22.1 Å². The fourth-order valence-corrected chi connectivity index (χ4v) is 2.21. The highest BCUT2D eigenvalue weighted by molar-refractivity contribution is 8.13. The van der Waals surface area contributed by atoms with Gasteiger partial charge in [-0.25, -0.2) is 0 Å². The van der Waals surface area contributed by atoms with Crippen LogP contribution in [0.15, 0.2) is 36.4 Å². The molecule has 0 amide bonds. The predicted octanol–water partition coefficient (Wildman–Crippen LogP) is 3.57. The van der Waals surface area contributed by atoms with Gasteiger partial charge in [0.15, 0.2) is 5.12 Å². The molecule has 2 nitrogen and oxygen atoms in total.